The van der Waals surface area contributed by atoms with E-state index in [1.165, 1.54) is 22.5 Å². The molecule has 0 radical (unpaired) electrons. The number of aromatic nitrogens is 2. The average Bonchev–Trinajstić information content (AvgIpc) is 3.22. The largest absolute Gasteiger partial charge is 0.375 e. The first-order valence-electron chi connectivity index (χ1n) is 8.41. The second kappa shape index (κ2) is 6.70. The van der Waals surface area contributed by atoms with Crippen molar-refractivity contribution in [3.63, 3.8) is 0 Å². The summed E-state index contributed by atoms with van der Waals surface area (Å²) < 4.78 is 0. The van der Waals surface area contributed by atoms with E-state index in [0.29, 0.717) is 11.2 Å². The van der Waals surface area contributed by atoms with Gasteiger partial charge in [0.2, 0.25) is 0 Å². The van der Waals surface area contributed by atoms with Gasteiger partial charge in [0, 0.05) is 21.5 Å². The fourth-order valence-electron chi connectivity index (χ4n) is 3.16. The summed E-state index contributed by atoms with van der Waals surface area (Å²) in [6, 6.07) is 10.3. The lowest BCUT2D eigenvalue weighted by Gasteiger charge is -2.15. The van der Waals surface area contributed by atoms with E-state index in [2.05, 4.69) is 42.3 Å². The van der Waals surface area contributed by atoms with Crippen molar-refractivity contribution in [2.75, 3.05) is 5.32 Å². The number of nitrogens with one attached hydrogen (secondary N) is 2. The summed E-state index contributed by atoms with van der Waals surface area (Å²) in [4.78, 5) is 22.3. The molecule has 2 N–H and O–H groups in total. The molecule has 132 valence electrons. The fraction of sp³-hybridized carbons (Fsp3) is 0.200. The number of aromatic amines is 1. The lowest BCUT2D eigenvalue weighted by Crippen LogP contribution is -2.17. The summed E-state index contributed by atoms with van der Waals surface area (Å²) in [5, 5.41) is 8.16. The number of nitrogens with zero attached hydrogens (tertiary/aromatic N) is 1. The first kappa shape index (κ1) is 17.0. The molecule has 0 spiro atoms. The zero-order valence-electron chi connectivity index (χ0n) is 14.8. The predicted octanol–water partition coefficient (Wildman–Crippen LogP) is 5.50. The third-order valence-corrected chi connectivity index (χ3v) is 6.04. The van der Waals surface area contributed by atoms with Crippen LogP contribution in [0.2, 0.25) is 0 Å². The minimum absolute atomic E-state index is 0.0799. The van der Waals surface area contributed by atoms with Crippen LogP contribution >= 0.6 is 22.7 Å². The van der Waals surface area contributed by atoms with Gasteiger partial charge >= 0.3 is 0 Å². The number of H-pyrrole nitrogens is 1. The van der Waals surface area contributed by atoms with Crippen molar-refractivity contribution in [1.29, 1.82) is 0 Å². The number of thiophene rings is 2. The lowest BCUT2D eigenvalue weighted by molar-refractivity contribution is 0.792. The summed E-state index contributed by atoms with van der Waals surface area (Å²) in [5.41, 5.74) is 4.33. The van der Waals surface area contributed by atoms with Gasteiger partial charge in [-0.25, -0.2) is 4.98 Å². The van der Waals surface area contributed by atoms with Gasteiger partial charge in [0.05, 0.1) is 11.4 Å². The van der Waals surface area contributed by atoms with Gasteiger partial charge in [-0.15, -0.1) is 22.7 Å². The number of hydrogen-bond acceptors (Lipinski definition) is 5. The van der Waals surface area contributed by atoms with E-state index in [9.17, 15) is 4.79 Å². The molecule has 0 saturated carbocycles. The molecule has 26 heavy (non-hydrogen) atoms. The van der Waals surface area contributed by atoms with Crippen LogP contribution in [0.1, 0.15) is 29.9 Å². The van der Waals surface area contributed by atoms with Crippen LogP contribution in [0.3, 0.4) is 0 Å². The van der Waals surface area contributed by atoms with Crippen LogP contribution < -0.4 is 10.9 Å². The Kier molecular flexibility index (Phi) is 4.38. The highest BCUT2D eigenvalue weighted by atomic mass is 32.1. The Hall–Kier alpha value is -2.44. The predicted molar refractivity (Wildman–Crippen MR) is 112 cm³/mol. The minimum Gasteiger partial charge on any atom is -0.375 e. The molecule has 0 unspecified atom stereocenters. The van der Waals surface area contributed by atoms with Gasteiger partial charge in [0.25, 0.3) is 5.56 Å². The molecular weight excluding hydrogens is 362 g/mol. The van der Waals surface area contributed by atoms with Gasteiger partial charge in [-0.05, 0) is 55.5 Å². The molecule has 6 heteroatoms. The van der Waals surface area contributed by atoms with Crippen LogP contribution in [0.25, 0.3) is 20.7 Å². The highest BCUT2D eigenvalue weighted by Crippen LogP contribution is 2.33. The number of aryl methyl sites for hydroxylation is 2. The molecule has 0 saturated heterocycles. The van der Waals surface area contributed by atoms with E-state index < -0.39 is 0 Å². The molecule has 0 aliphatic heterocycles. The Morgan fingerprint density at radius 2 is 1.92 bits per heavy atom. The summed E-state index contributed by atoms with van der Waals surface area (Å²) in [6.07, 6.45) is 0. The van der Waals surface area contributed by atoms with E-state index in [4.69, 9.17) is 4.98 Å². The van der Waals surface area contributed by atoms with E-state index in [-0.39, 0.29) is 11.6 Å². The van der Waals surface area contributed by atoms with E-state index in [0.717, 1.165) is 21.0 Å². The maximum atomic E-state index is 12.7. The third-order valence-electron chi connectivity index (χ3n) is 4.26. The van der Waals surface area contributed by atoms with Crippen molar-refractivity contribution in [1.82, 2.24) is 9.97 Å². The Balaban J connectivity index is 1.70. The lowest BCUT2D eigenvalue weighted by atomic mass is 10.1. The summed E-state index contributed by atoms with van der Waals surface area (Å²) >= 11 is 3.15. The van der Waals surface area contributed by atoms with Gasteiger partial charge < -0.3 is 10.3 Å². The highest BCUT2D eigenvalue weighted by Gasteiger charge is 2.16. The van der Waals surface area contributed by atoms with Crippen LogP contribution in [0.15, 0.2) is 45.9 Å². The van der Waals surface area contributed by atoms with Crippen molar-refractivity contribution in [3.05, 3.63) is 68.4 Å². The number of benzene rings is 1. The number of fused-ring (bicyclic) bond motifs is 1. The average molecular weight is 382 g/mol. The molecule has 0 aliphatic carbocycles. The van der Waals surface area contributed by atoms with Crippen LogP contribution in [0.5, 0.6) is 0 Å². The molecule has 4 rings (SSSR count). The Morgan fingerprint density at radius 3 is 2.62 bits per heavy atom. The van der Waals surface area contributed by atoms with Gasteiger partial charge in [0.15, 0.2) is 0 Å². The van der Waals surface area contributed by atoms with Crippen molar-refractivity contribution in [2.24, 2.45) is 0 Å². The van der Waals surface area contributed by atoms with E-state index in [1.807, 2.05) is 29.8 Å². The molecule has 0 fully saturated rings. The van der Waals surface area contributed by atoms with Crippen molar-refractivity contribution < 1.29 is 0 Å². The third kappa shape index (κ3) is 3.18. The first-order chi connectivity index (χ1) is 12.5. The standard InChI is InChI=1S/C20H19N3OS2/c1-11-7-12(2)9-14(8-11)21-13(3)18-22-19(24)17-15(10-26-20(17)23-18)16-5-4-6-25-16/h4-10,13,21H,1-3H3,(H,22,23,24)/t13-/m0/s1. The summed E-state index contributed by atoms with van der Waals surface area (Å²) in [7, 11) is 0. The normalized spacial score (nSPS) is 12.4. The zero-order valence-corrected chi connectivity index (χ0v) is 16.4. The van der Waals surface area contributed by atoms with Crippen LogP contribution in [-0.4, -0.2) is 9.97 Å². The second-order valence-electron chi connectivity index (χ2n) is 6.50. The van der Waals surface area contributed by atoms with E-state index >= 15 is 0 Å². The second-order valence-corrected chi connectivity index (χ2v) is 8.31. The van der Waals surface area contributed by atoms with E-state index in [1.54, 1.807) is 11.3 Å². The number of rotatable bonds is 4. The summed E-state index contributed by atoms with van der Waals surface area (Å²) in [5.74, 6) is 0.654. The topological polar surface area (TPSA) is 57.8 Å². The van der Waals surface area contributed by atoms with Gasteiger partial charge in [-0.2, -0.15) is 0 Å². The van der Waals surface area contributed by atoms with Crippen molar-refractivity contribution in [3.8, 4) is 10.4 Å². The highest BCUT2D eigenvalue weighted by molar-refractivity contribution is 7.18. The molecule has 4 aromatic rings. The Bertz CT molecular complexity index is 1110. The molecule has 0 bridgehead atoms. The quantitative estimate of drug-likeness (QED) is 0.490. The maximum Gasteiger partial charge on any atom is 0.260 e. The van der Waals surface area contributed by atoms with Gasteiger partial charge in [0.1, 0.15) is 10.7 Å². The van der Waals surface area contributed by atoms with Crippen molar-refractivity contribution >= 4 is 38.6 Å². The molecule has 3 heterocycles. The van der Waals surface area contributed by atoms with Gasteiger partial charge in [-0.3, -0.25) is 4.79 Å². The molecule has 0 aliphatic rings. The Labute approximate surface area is 159 Å². The number of anilines is 1. The van der Waals surface area contributed by atoms with Crippen LogP contribution in [-0.2, 0) is 0 Å². The molecule has 0 amide bonds. The summed E-state index contributed by atoms with van der Waals surface area (Å²) in [6.45, 7) is 6.16. The van der Waals surface area contributed by atoms with Crippen LogP contribution in [0, 0.1) is 13.8 Å². The smallest absolute Gasteiger partial charge is 0.260 e. The number of hydrogen-bond donors (Lipinski definition) is 2. The zero-order chi connectivity index (χ0) is 18.3. The monoisotopic (exact) mass is 381 g/mol. The minimum atomic E-state index is -0.0967. The molecule has 1 atom stereocenters. The maximum absolute atomic E-state index is 12.7. The molecule has 4 nitrogen and oxygen atoms in total. The fourth-order valence-corrected chi connectivity index (χ4v) is 4.93. The molecular formula is C20H19N3OS2. The SMILES string of the molecule is Cc1cc(C)cc(N[C@@H](C)c2nc3scc(-c4cccs4)c3c(=O)[nH]2)c1. The Morgan fingerprint density at radius 1 is 1.15 bits per heavy atom. The van der Waals surface area contributed by atoms with Gasteiger partial charge in [-0.1, -0.05) is 12.1 Å². The van der Waals surface area contributed by atoms with Crippen molar-refractivity contribution in [2.45, 2.75) is 26.8 Å². The molecule has 1 aromatic carbocycles. The first-order valence-corrected chi connectivity index (χ1v) is 10.2. The molecule has 3 aromatic heterocycles. The van der Waals surface area contributed by atoms with Crippen LogP contribution in [0.4, 0.5) is 5.69 Å².